The van der Waals surface area contributed by atoms with Gasteiger partial charge in [0.05, 0.1) is 22.5 Å². The van der Waals surface area contributed by atoms with Crippen LogP contribution in [-0.2, 0) is 9.59 Å². The molecule has 1 aliphatic heterocycles. The third kappa shape index (κ3) is 9.23. The van der Waals surface area contributed by atoms with Gasteiger partial charge in [-0.3, -0.25) is 19.2 Å². The summed E-state index contributed by atoms with van der Waals surface area (Å²) in [5.74, 6) is -0.940. The number of carbonyl (C=O) groups is 4. The van der Waals surface area contributed by atoms with Crippen LogP contribution in [0.4, 0.5) is 11.4 Å². The van der Waals surface area contributed by atoms with Crippen LogP contribution in [0.1, 0.15) is 20.7 Å². The largest absolute Gasteiger partial charge is 0.489 e. The van der Waals surface area contributed by atoms with Gasteiger partial charge in [0.15, 0.2) is 13.2 Å². The van der Waals surface area contributed by atoms with Crippen molar-refractivity contribution in [1.29, 1.82) is 0 Å². The summed E-state index contributed by atoms with van der Waals surface area (Å²) in [5.41, 5.74) is 1.10. The topological polar surface area (TPSA) is 174 Å². The number of hydrogen-bond acceptors (Lipinski definition) is 9. The zero-order chi connectivity index (χ0) is 33.7. The van der Waals surface area contributed by atoms with Gasteiger partial charge in [0.25, 0.3) is 23.6 Å². The standard InChI is InChI=1S/C35H34N4O9/c40-23-19-45-30-15-7-3-11-26(30)38-32(41)21-47-28-13-5-1-9-24(28)34(43)36-17-18-37-35(44)25-10-2-6-14-29(25)48-22-33(42)39-27-12-4-8-16-31(27)46-20-23/h1-16,23,40H,17-22H2,(H,36,43)(H,37,44)(H,38,41)(H,39,42). The van der Waals surface area contributed by atoms with Crippen LogP contribution in [0.5, 0.6) is 23.0 Å². The number of para-hydroxylation sites is 6. The average Bonchev–Trinajstić information content (AvgIpc) is 3.10. The summed E-state index contributed by atoms with van der Waals surface area (Å²) in [5, 5.41) is 21.5. The van der Waals surface area contributed by atoms with Gasteiger partial charge in [-0.15, -0.1) is 0 Å². The van der Waals surface area contributed by atoms with Crippen molar-refractivity contribution in [2.45, 2.75) is 6.10 Å². The lowest BCUT2D eigenvalue weighted by atomic mass is 10.2. The first-order valence-electron chi connectivity index (χ1n) is 15.1. The summed E-state index contributed by atoms with van der Waals surface area (Å²) in [7, 11) is 0. The predicted molar refractivity (Wildman–Crippen MR) is 176 cm³/mol. The number of carbonyl (C=O) groups excluding carboxylic acids is 4. The van der Waals surface area contributed by atoms with E-state index in [4.69, 9.17) is 18.9 Å². The lowest BCUT2D eigenvalue weighted by molar-refractivity contribution is -0.118. The molecule has 0 unspecified atom stereocenters. The monoisotopic (exact) mass is 654 g/mol. The van der Waals surface area contributed by atoms with E-state index >= 15 is 0 Å². The van der Waals surface area contributed by atoms with Crippen LogP contribution in [0.3, 0.4) is 0 Å². The number of aliphatic hydroxyl groups is 1. The highest BCUT2D eigenvalue weighted by Crippen LogP contribution is 2.26. The van der Waals surface area contributed by atoms with Crippen molar-refractivity contribution in [3.05, 3.63) is 108 Å². The van der Waals surface area contributed by atoms with E-state index in [2.05, 4.69) is 21.3 Å². The van der Waals surface area contributed by atoms with Gasteiger partial charge in [-0.1, -0.05) is 48.5 Å². The van der Waals surface area contributed by atoms with Gasteiger partial charge in [-0.25, -0.2) is 0 Å². The molecular weight excluding hydrogens is 620 g/mol. The predicted octanol–water partition coefficient (Wildman–Crippen LogP) is 3.01. The fraction of sp³-hybridized carbons (Fsp3) is 0.200. The number of aliphatic hydroxyl groups excluding tert-OH is 1. The molecule has 48 heavy (non-hydrogen) atoms. The summed E-state index contributed by atoms with van der Waals surface area (Å²) in [6, 6.07) is 26.3. The molecule has 0 saturated heterocycles. The highest BCUT2D eigenvalue weighted by Gasteiger charge is 2.18. The SMILES string of the molecule is O=C1COc2ccccc2C(=O)NCCNC(=O)c2ccccc2OCC(=O)Nc2ccccc2OCC(O)COc2ccccc2N1. The Balaban J connectivity index is 1.33. The Morgan fingerprint density at radius 3 is 1.31 bits per heavy atom. The summed E-state index contributed by atoms with van der Waals surface area (Å²) >= 11 is 0. The lowest BCUT2D eigenvalue weighted by Gasteiger charge is -2.17. The number of nitrogens with one attached hydrogen (secondary N) is 4. The molecule has 4 aromatic carbocycles. The summed E-state index contributed by atoms with van der Waals surface area (Å²) in [6.07, 6.45) is -1.07. The maximum Gasteiger partial charge on any atom is 0.262 e. The van der Waals surface area contributed by atoms with E-state index in [1.165, 1.54) is 0 Å². The van der Waals surface area contributed by atoms with Gasteiger partial charge in [0.2, 0.25) is 0 Å². The number of rotatable bonds is 0. The number of fused-ring (bicyclic) bond motifs is 4. The van der Waals surface area contributed by atoms with Crippen molar-refractivity contribution < 1.29 is 43.2 Å². The van der Waals surface area contributed by atoms with E-state index in [0.717, 1.165) is 0 Å². The molecule has 4 aromatic rings. The first kappa shape index (κ1) is 33.3. The second-order valence-electron chi connectivity index (χ2n) is 10.4. The summed E-state index contributed by atoms with van der Waals surface area (Å²) < 4.78 is 22.9. The molecule has 0 radical (unpaired) electrons. The molecule has 0 fully saturated rings. The fourth-order valence-corrected chi connectivity index (χ4v) is 4.57. The van der Waals surface area contributed by atoms with Crippen molar-refractivity contribution in [3.63, 3.8) is 0 Å². The van der Waals surface area contributed by atoms with E-state index in [-0.39, 0.29) is 48.9 Å². The van der Waals surface area contributed by atoms with Crippen LogP contribution in [0.2, 0.25) is 0 Å². The van der Waals surface area contributed by atoms with Crippen molar-refractivity contribution in [2.75, 3.05) is 50.2 Å². The second kappa shape index (κ2) is 16.5. The molecule has 0 aromatic heterocycles. The number of ether oxygens (including phenoxy) is 4. The van der Waals surface area contributed by atoms with Crippen LogP contribution >= 0.6 is 0 Å². The van der Waals surface area contributed by atoms with Crippen molar-refractivity contribution in [3.8, 4) is 23.0 Å². The Kier molecular flexibility index (Phi) is 11.4. The van der Waals surface area contributed by atoms with E-state index in [1.807, 2.05) is 0 Å². The Labute approximate surface area is 276 Å². The van der Waals surface area contributed by atoms with Crippen molar-refractivity contribution in [1.82, 2.24) is 10.6 Å². The Hall–Kier alpha value is -6.08. The van der Waals surface area contributed by atoms with Crippen LogP contribution in [-0.4, -0.2) is 74.4 Å². The molecule has 0 atom stereocenters. The molecule has 1 heterocycles. The smallest absolute Gasteiger partial charge is 0.262 e. The van der Waals surface area contributed by atoms with Crippen LogP contribution in [0, 0.1) is 0 Å². The van der Waals surface area contributed by atoms with Gasteiger partial charge in [-0.05, 0) is 48.5 Å². The van der Waals surface area contributed by atoms with E-state index < -0.39 is 42.9 Å². The molecule has 13 heteroatoms. The van der Waals surface area contributed by atoms with Crippen LogP contribution in [0.15, 0.2) is 97.1 Å². The Morgan fingerprint density at radius 2 is 0.875 bits per heavy atom. The van der Waals surface area contributed by atoms with Gasteiger partial charge in [0.1, 0.15) is 42.3 Å². The molecule has 5 N–H and O–H groups in total. The Bertz CT molecular complexity index is 1640. The van der Waals surface area contributed by atoms with E-state index in [9.17, 15) is 24.3 Å². The molecule has 4 amide bonds. The molecule has 248 valence electrons. The van der Waals surface area contributed by atoms with Gasteiger partial charge < -0.3 is 45.3 Å². The molecule has 0 saturated carbocycles. The summed E-state index contributed by atoms with van der Waals surface area (Å²) in [4.78, 5) is 51.5. The van der Waals surface area contributed by atoms with Crippen molar-refractivity contribution in [2.24, 2.45) is 0 Å². The van der Waals surface area contributed by atoms with Gasteiger partial charge in [-0.2, -0.15) is 0 Å². The maximum atomic E-state index is 12.9. The van der Waals surface area contributed by atoms with Crippen LogP contribution in [0.25, 0.3) is 0 Å². The minimum atomic E-state index is -1.07. The number of anilines is 2. The van der Waals surface area contributed by atoms with Gasteiger partial charge >= 0.3 is 0 Å². The third-order valence-corrected chi connectivity index (χ3v) is 6.86. The maximum absolute atomic E-state index is 12.9. The molecule has 0 aliphatic carbocycles. The molecule has 0 bridgehead atoms. The molecule has 1 aliphatic rings. The van der Waals surface area contributed by atoms with E-state index in [1.54, 1.807) is 97.1 Å². The highest BCUT2D eigenvalue weighted by molar-refractivity contribution is 5.99. The second-order valence-corrected chi connectivity index (χ2v) is 10.4. The average molecular weight is 655 g/mol. The summed E-state index contributed by atoms with van der Waals surface area (Å²) in [6.45, 7) is -0.941. The zero-order valence-corrected chi connectivity index (χ0v) is 25.8. The molecule has 0 spiro atoms. The number of hydrogen-bond donors (Lipinski definition) is 5. The zero-order valence-electron chi connectivity index (χ0n) is 25.8. The van der Waals surface area contributed by atoms with Crippen LogP contribution < -0.4 is 40.2 Å². The van der Waals surface area contributed by atoms with E-state index in [0.29, 0.717) is 22.9 Å². The minimum Gasteiger partial charge on any atom is -0.489 e. The minimum absolute atomic E-state index is 0.0950. The fourth-order valence-electron chi connectivity index (χ4n) is 4.57. The quantitative estimate of drug-likeness (QED) is 0.191. The lowest BCUT2D eigenvalue weighted by Crippen LogP contribution is -2.35. The first-order chi connectivity index (χ1) is 23.4. The molecule has 13 nitrogen and oxygen atoms in total. The number of benzene rings is 4. The highest BCUT2D eigenvalue weighted by atomic mass is 16.5. The van der Waals surface area contributed by atoms with Gasteiger partial charge in [0, 0.05) is 13.1 Å². The first-order valence-corrected chi connectivity index (χ1v) is 15.1. The number of amides is 4. The third-order valence-electron chi connectivity index (χ3n) is 6.86. The molecule has 5 rings (SSSR count). The van der Waals surface area contributed by atoms with Crippen molar-refractivity contribution >= 4 is 35.0 Å². The normalized spacial score (nSPS) is 15.7. The Morgan fingerprint density at radius 1 is 0.500 bits per heavy atom. The molecular formula is C35H34N4O9.